The van der Waals surface area contributed by atoms with Gasteiger partial charge in [0, 0.05) is 58.2 Å². The molecule has 0 aliphatic carbocycles. The molecule has 0 atom stereocenters. The van der Waals surface area contributed by atoms with Crippen molar-refractivity contribution in [3.05, 3.63) is 0 Å². The van der Waals surface area contributed by atoms with Gasteiger partial charge in [-0.15, -0.1) is 0 Å². The third kappa shape index (κ3) is 13.1. The first-order valence-electron chi connectivity index (χ1n) is 10.3. The summed E-state index contributed by atoms with van der Waals surface area (Å²) in [7, 11) is -2.56. The first-order chi connectivity index (χ1) is 13.4. The van der Waals surface area contributed by atoms with Crippen molar-refractivity contribution in [1.82, 2.24) is 10.6 Å². The predicted molar refractivity (Wildman–Crippen MR) is 131 cm³/mol. The molecule has 0 saturated heterocycles. The van der Waals surface area contributed by atoms with Crippen molar-refractivity contribution in [2.24, 2.45) is 0 Å². The Morgan fingerprint density at radius 1 is 0.714 bits per heavy atom. The minimum absolute atomic E-state index is 0.602. The summed E-state index contributed by atoms with van der Waals surface area (Å²) in [4.78, 5) is 0. The van der Waals surface area contributed by atoms with Gasteiger partial charge in [0.25, 0.3) is 0 Å². The predicted octanol–water partition coefficient (Wildman–Crippen LogP) is 3.73. The van der Waals surface area contributed by atoms with Crippen molar-refractivity contribution in [2.45, 2.75) is 59.5 Å². The maximum Gasteiger partial charge on any atom is 0.500 e. The topological polar surface area (TPSA) is 70.2 Å². The van der Waals surface area contributed by atoms with E-state index in [0.717, 1.165) is 38.0 Å². The Morgan fingerprint density at radius 3 is 1.50 bits per heavy atom. The number of rotatable bonds is 18. The van der Waals surface area contributed by atoms with E-state index in [0.29, 0.717) is 38.1 Å². The summed E-state index contributed by atoms with van der Waals surface area (Å²) >= 11 is 7.74. The molecule has 0 heterocycles. The Kier molecular flexibility index (Phi) is 17.8. The van der Waals surface area contributed by atoms with Gasteiger partial charge < -0.3 is 32.8 Å². The fourth-order valence-corrected chi connectivity index (χ4v) is 10.4. The zero-order chi connectivity index (χ0) is 21.3. The second-order valence-corrected chi connectivity index (χ2v) is 16.4. The van der Waals surface area contributed by atoms with Gasteiger partial charge in [0.05, 0.1) is 0 Å². The highest BCUT2D eigenvalue weighted by Gasteiger charge is 2.39. The third-order valence-corrected chi connectivity index (χ3v) is 13.0. The van der Waals surface area contributed by atoms with E-state index in [9.17, 15) is 0 Å². The molecule has 0 aliphatic rings. The highest BCUT2D eigenvalue weighted by Crippen LogP contribution is 2.23. The molecule has 7 nitrogen and oxygen atoms in total. The van der Waals surface area contributed by atoms with Crippen LogP contribution in [0.15, 0.2) is 0 Å². The van der Waals surface area contributed by atoms with E-state index in [-0.39, 0.29) is 0 Å². The van der Waals surface area contributed by atoms with Crippen LogP contribution < -0.4 is 10.6 Å². The number of hydrogen-bond donors (Lipinski definition) is 2. The smallest absolute Gasteiger partial charge is 0.387 e. The van der Waals surface area contributed by atoms with E-state index >= 15 is 0 Å². The highest BCUT2D eigenvalue weighted by molar-refractivity contribution is 14.1. The van der Waals surface area contributed by atoms with Gasteiger partial charge in [-0.25, -0.2) is 0 Å². The molecule has 0 saturated carbocycles. The second-order valence-electron chi connectivity index (χ2n) is 5.90. The number of halogens is 1. The molecule has 0 aromatic carbocycles. The number of thiocarbonyl (C=S) groups is 1. The van der Waals surface area contributed by atoms with Crippen molar-refractivity contribution in [1.29, 1.82) is 0 Å². The van der Waals surface area contributed by atoms with E-state index in [1.54, 1.807) is 0 Å². The zero-order valence-corrected chi connectivity index (χ0v) is 23.1. The lowest BCUT2D eigenvalue weighted by molar-refractivity contribution is 0.0709. The Morgan fingerprint density at radius 2 is 1.11 bits per heavy atom. The largest absolute Gasteiger partial charge is 0.500 e. The minimum Gasteiger partial charge on any atom is -0.387 e. The van der Waals surface area contributed by atoms with Crippen molar-refractivity contribution >= 4 is 54.0 Å². The highest BCUT2D eigenvalue weighted by atomic mass is 127. The van der Waals surface area contributed by atoms with Gasteiger partial charge in [0.2, 0.25) is 0 Å². The first-order valence-corrected chi connectivity index (χ1v) is 17.8. The van der Waals surface area contributed by atoms with Gasteiger partial charge in [-0.3, -0.25) is 0 Å². The molecule has 0 spiro atoms. The van der Waals surface area contributed by atoms with E-state index in [1.807, 2.05) is 34.6 Å². The molecule has 0 aromatic rings. The molecule has 11 heteroatoms. The van der Waals surface area contributed by atoms with Crippen molar-refractivity contribution in [3.8, 4) is 0 Å². The van der Waals surface area contributed by atoms with Crippen LogP contribution in [-0.2, 0) is 22.1 Å². The Labute approximate surface area is 191 Å². The average molecular weight is 567 g/mol. The summed E-state index contributed by atoms with van der Waals surface area (Å²) in [5.41, 5.74) is 0. The Bertz CT molecular complexity index is 391. The van der Waals surface area contributed by atoms with Gasteiger partial charge >= 0.3 is 14.9 Å². The Hall–Kier alpha value is 0.654. The zero-order valence-electron chi connectivity index (χ0n) is 18.1. The maximum absolute atomic E-state index is 5.87. The lowest BCUT2D eigenvalue weighted by Gasteiger charge is -2.28. The van der Waals surface area contributed by atoms with E-state index in [2.05, 4.69) is 32.4 Å². The van der Waals surface area contributed by atoms with Gasteiger partial charge in [-0.1, -0.05) is 0 Å². The second kappa shape index (κ2) is 17.3. The maximum atomic E-state index is 5.87. The van der Waals surface area contributed by atoms with Crippen molar-refractivity contribution < 1.29 is 22.1 Å². The van der Waals surface area contributed by atoms with E-state index in [1.165, 1.54) is 0 Å². The Balaban J connectivity index is 4.11. The van der Waals surface area contributed by atoms with Crippen LogP contribution in [0.4, 0.5) is 0 Å². The summed E-state index contributed by atoms with van der Waals surface area (Å²) in [5.74, 6) is 0. The van der Waals surface area contributed by atoms with Crippen LogP contribution in [0.5, 0.6) is 0 Å². The minimum atomic E-state index is -2.56. The normalized spacial score (nSPS) is 12.2. The first kappa shape index (κ1) is 28.7. The monoisotopic (exact) mass is 566 g/mol. The molecule has 0 radical (unpaired) electrons. The van der Waals surface area contributed by atoms with E-state index < -0.39 is 14.9 Å². The van der Waals surface area contributed by atoms with Crippen molar-refractivity contribution in [2.75, 3.05) is 46.1 Å². The molecule has 0 amide bonds. The van der Waals surface area contributed by atoms with Gasteiger partial charge in [-0.2, -0.15) is 0 Å². The van der Waals surface area contributed by atoms with Crippen molar-refractivity contribution in [3.63, 3.8) is 0 Å². The van der Waals surface area contributed by atoms with Crippen LogP contribution in [0, 0.1) is 0 Å². The molecule has 0 unspecified atom stereocenters. The molecular formula is C17H39IN2O5SSi2. The summed E-state index contributed by atoms with van der Waals surface area (Å²) in [6.45, 7) is 14.7. The fourth-order valence-electron chi connectivity index (χ4n) is 2.69. The lowest BCUT2D eigenvalue weighted by Crippen LogP contribution is -2.46. The molecule has 0 aromatic heterocycles. The van der Waals surface area contributed by atoms with Crippen LogP contribution in [0.1, 0.15) is 47.5 Å². The summed E-state index contributed by atoms with van der Waals surface area (Å²) in [6.07, 6.45) is 1.85. The molecule has 0 rings (SSSR count). The summed E-state index contributed by atoms with van der Waals surface area (Å²) in [6, 6.07) is -0.346. The number of hydrogen-bond acceptors (Lipinski definition) is 6. The molecule has 28 heavy (non-hydrogen) atoms. The molecule has 2 N–H and O–H groups in total. The number of nitrogens with one attached hydrogen (secondary N) is 2. The van der Waals surface area contributed by atoms with Crippen LogP contribution in [0.2, 0.25) is 12.1 Å². The van der Waals surface area contributed by atoms with E-state index in [4.69, 9.17) is 34.3 Å². The standard InChI is InChI=1S/C17H39IN2O5SSi2/c1-6-21-27(18,22-7-2)15-11-13-19-17(26)20-14-12-16-28(23-8-3,24-9-4)25-10-5/h6-16H2,1-5H3,(H2,19,20,26). The SMILES string of the molecule is CCO[Si](I)(CCCNC(=S)NCCC[Si](OCC)(OCC)OCC)OCC. The van der Waals surface area contributed by atoms with Gasteiger partial charge in [-0.05, 0) is 81.5 Å². The molecule has 168 valence electrons. The summed E-state index contributed by atoms with van der Waals surface area (Å²) < 4.78 is 29.3. The summed E-state index contributed by atoms with van der Waals surface area (Å²) in [5, 5.41) is 7.18. The van der Waals surface area contributed by atoms with Gasteiger partial charge in [0.1, 0.15) is 0 Å². The molecular weight excluding hydrogens is 527 g/mol. The van der Waals surface area contributed by atoms with Crippen LogP contribution in [0.25, 0.3) is 0 Å². The third-order valence-electron chi connectivity index (χ3n) is 3.70. The quantitative estimate of drug-likeness (QED) is 0.0856. The lowest BCUT2D eigenvalue weighted by atomic mass is 10.5. The average Bonchev–Trinajstić information content (AvgIpc) is 2.64. The molecule has 0 bridgehead atoms. The van der Waals surface area contributed by atoms with Crippen LogP contribution >= 0.6 is 34.0 Å². The molecule has 0 aliphatic heterocycles. The van der Waals surface area contributed by atoms with Crippen LogP contribution in [0.3, 0.4) is 0 Å². The molecule has 0 fully saturated rings. The fraction of sp³-hybridized carbons (Fsp3) is 0.941. The van der Waals surface area contributed by atoms with Crippen LogP contribution in [-0.4, -0.2) is 66.1 Å². The van der Waals surface area contributed by atoms with Gasteiger partial charge in [0.15, 0.2) is 5.11 Å².